The molecule has 0 aromatic carbocycles. The third-order valence-corrected chi connectivity index (χ3v) is 5.07. The van der Waals surface area contributed by atoms with Gasteiger partial charge in [0.1, 0.15) is 0 Å². The zero-order valence-electron chi connectivity index (χ0n) is 12.5. The number of rotatable bonds is 3. The van der Waals surface area contributed by atoms with Crippen molar-refractivity contribution in [3.8, 4) is 0 Å². The van der Waals surface area contributed by atoms with Crippen molar-refractivity contribution in [1.82, 2.24) is 0 Å². The standard InChI is InChI=1S/C16H31NO/c1-4-12-6-5-7-13(10-12)18-15-11-16(2,3)9-8-14(15)17/h12-15H,4-11,17H2,1-3H3. The summed E-state index contributed by atoms with van der Waals surface area (Å²) in [7, 11) is 0. The van der Waals surface area contributed by atoms with Crippen LogP contribution in [0, 0.1) is 11.3 Å². The molecule has 4 unspecified atom stereocenters. The maximum Gasteiger partial charge on any atom is 0.0734 e. The minimum atomic E-state index is 0.264. The lowest BCUT2D eigenvalue weighted by Gasteiger charge is -2.41. The van der Waals surface area contributed by atoms with Gasteiger partial charge in [-0.1, -0.05) is 40.0 Å². The predicted molar refractivity (Wildman–Crippen MR) is 76.5 cm³/mol. The fourth-order valence-electron chi connectivity index (χ4n) is 3.67. The Hall–Kier alpha value is -0.0800. The van der Waals surface area contributed by atoms with E-state index < -0.39 is 0 Å². The van der Waals surface area contributed by atoms with E-state index in [0.29, 0.717) is 17.6 Å². The molecule has 0 amide bonds. The highest BCUT2D eigenvalue weighted by Crippen LogP contribution is 2.38. The molecule has 2 nitrogen and oxygen atoms in total. The van der Waals surface area contributed by atoms with Crippen LogP contribution in [-0.2, 0) is 4.74 Å². The highest BCUT2D eigenvalue weighted by atomic mass is 16.5. The molecule has 0 radical (unpaired) electrons. The van der Waals surface area contributed by atoms with Gasteiger partial charge in [0.15, 0.2) is 0 Å². The molecule has 0 saturated heterocycles. The maximum absolute atomic E-state index is 6.39. The van der Waals surface area contributed by atoms with Crippen molar-refractivity contribution in [2.75, 3.05) is 0 Å². The summed E-state index contributed by atoms with van der Waals surface area (Å²) >= 11 is 0. The van der Waals surface area contributed by atoms with Gasteiger partial charge >= 0.3 is 0 Å². The molecule has 2 heteroatoms. The van der Waals surface area contributed by atoms with E-state index in [1.54, 1.807) is 0 Å². The van der Waals surface area contributed by atoms with Gasteiger partial charge in [-0.15, -0.1) is 0 Å². The average molecular weight is 253 g/mol. The van der Waals surface area contributed by atoms with Crippen molar-refractivity contribution in [1.29, 1.82) is 0 Å². The van der Waals surface area contributed by atoms with E-state index in [4.69, 9.17) is 10.5 Å². The van der Waals surface area contributed by atoms with Gasteiger partial charge in [-0.2, -0.15) is 0 Å². The Morgan fingerprint density at radius 2 is 2.00 bits per heavy atom. The summed E-state index contributed by atoms with van der Waals surface area (Å²) < 4.78 is 6.39. The van der Waals surface area contributed by atoms with Gasteiger partial charge in [0.25, 0.3) is 0 Å². The van der Waals surface area contributed by atoms with Crippen LogP contribution < -0.4 is 5.73 Å². The van der Waals surface area contributed by atoms with Crippen LogP contribution in [0.25, 0.3) is 0 Å². The van der Waals surface area contributed by atoms with E-state index in [2.05, 4.69) is 20.8 Å². The second kappa shape index (κ2) is 5.92. The normalized spacial score (nSPS) is 40.7. The van der Waals surface area contributed by atoms with Crippen LogP contribution in [0.15, 0.2) is 0 Å². The van der Waals surface area contributed by atoms with Gasteiger partial charge in [-0.25, -0.2) is 0 Å². The molecule has 0 bridgehead atoms. The smallest absolute Gasteiger partial charge is 0.0734 e. The second-order valence-corrected chi connectivity index (χ2v) is 7.31. The molecule has 106 valence electrons. The van der Waals surface area contributed by atoms with Crippen LogP contribution in [0.1, 0.15) is 72.1 Å². The van der Waals surface area contributed by atoms with Crippen molar-refractivity contribution in [2.24, 2.45) is 17.1 Å². The summed E-state index contributed by atoms with van der Waals surface area (Å²) in [5, 5.41) is 0. The third kappa shape index (κ3) is 3.71. The number of ether oxygens (including phenoxy) is 1. The molecule has 0 aromatic rings. The number of hydrogen-bond donors (Lipinski definition) is 1. The van der Waals surface area contributed by atoms with E-state index in [1.807, 2.05) is 0 Å². The van der Waals surface area contributed by atoms with Crippen LogP contribution in [0.2, 0.25) is 0 Å². The Kier molecular flexibility index (Phi) is 4.71. The Bertz CT molecular complexity index is 264. The Morgan fingerprint density at radius 3 is 2.72 bits per heavy atom. The van der Waals surface area contributed by atoms with Crippen molar-refractivity contribution >= 4 is 0 Å². The first-order valence-electron chi connectivity index (χ1n) is 7.91. The SMILES string of the molecule is CCC1CCCC(OC2CC(C)(C)CCC2N)C1. The summed E-state index contributed by atoms with van der Waals surface area (Å²) in [6.45, 7) is 7.01. The molecular weight excluding hydrogens is 222 g/mol. The lowest BCUT2D eigenvalue weighted by Crippen LogP contribution is -2.46. The molecule has 0 heterocycles. The predicted octanol–water partition coefficient (Wildman–Crippen LogP) is 3.88. The molecule has 4 atom stereocenters. The molecule has 18 heavy (non-hydrogen) atoms. The molecule has 2 aliphatic rings. The molecule has 0 aliphatic heterocycles. The van der Waals surface area contributed by atoms with Gasteiger partial charge in [-0.3, -0.25) is 0 Å². The average Bonchev–Trinajstić information content (AvgIpc) is 2.34. The summed E-state index contributed by atoms with van der Waals surface area (Å²) in [5.74, 6) is 0.886. The molecule has 2 rings (SSSR count). The van der Waals surface area contributed by atoms with Crippen LogP contribution in [0.3, 0.4) is 0 Å². The minimum Gasteiger partial charge on any atom is -0.373 e. The quantitative estimate of drug-likeness (QED) is 0.828. The zero-order chi connectivity index (χ0) is 13.2. The van der Waals surface area contributed by atoms with Crippen LogP contribution >= 0.6 is 0 Å². The number of hydrogen-bond acceptors (Lipinski definition) is 2. The van der Waals surface area contributed by atoms with Gasteiger partial charge < -0.3 is 10.5 Å². The first kappa shape index (κ1) is 14.3. The van der Waals surface area contributed by atoms with Crippen LogP contribution in [0.4, 0.5) is 0 Å². The van der Waals surface area contributed by atoms with Gasteiger partial charge in [0.2, 0.25) is 0 Å². The summed E-state index contributed by atoms with van der Waals surface area (Å²) in [6, 6.07) is 0.264. The van der Waals surface area contributed by atoms with Crippen molar-refractivity contribution < 1.29 is 4.74 Å². The van der Waals surface area contributed by atoms with E-state index >= 15 is 0 Å². The fourth-order valence-corrected chi connectivity index (χ4v) is 3.67. The Labute approximate surface area is 113 Å². The molecule has 2 aliphatic carbocycles. The minimum absolute atomic E-state index is 0.264. The van der Waals surface area contributed by atoms with E-state index in [1.165, 1.54) is 38.5 Å². The first-order chi connectivity index (χ1) is 8.50. The molecule has 0 spiro atoms. The number of nitrogens with two attached hydrogens (primary N) is 1. The monoisotopic (exact) mass is 253 g/mol. The lowest BCUT2D eigenvalue weighted by atomic mass is 9.74. The molecular formula is C16H31NO. The van der Waals surface area contributed by atoms with E-state index in [0.717, 1.165) is 18.8 Å². The zero-order valence-corrected chi connectivity index (χ0v) is 12.5. The molecule has 2 N–H and O–H groups in total. The topological polar surface area (TPSA) is 35.2 Å². The van der Waals surface area contributed by atoms with Crippen molar-refractivity contribution in [3.05, 3.63) is 0 Å². The van der Waals surface area contributed by atoms with Gasteiger partial charge in [-0.05, 0) is 43.4 Å². The van der Waals surface area contributed by atoms with Crippen LogP contribution in [-0.4, -0.2) is 18.2 Å². The molecule has 2 fully saturated rings. The van der Waals surface area contributed by atoms with Crippen LogP contribution in [0.5, 0.6) is 0 Å². The third-order valence-electron chi connectivity index (χ3n) is 5.07. The summed E-state index contributed by atoms with van der Waals surface area (Å²) in [4.78, 5) is 0. The van der Waals surface area contributed by atoms with Crippen molar-refractivity contribution in [2.45, 2.75) is 90.4 Å². The van der Waals surface area contributed by atoms with Gasteiger partial charge in [0, 0.05) is 6.04 Å². The Morgan fingerprint density at radius 1 is 1.22 bits per heavy atom. The summed E-state index contributed by atoms with van der Waals surface area (Å²) in [5.41, 5.74) is 6.68. The summed E-state index contributed by atoms with van der Waals surface area (Å²) in [6.07, 6.45) is 10.9. The fraction of sp³-hybridized carbons (Fsp3) is 1.00. The maximum atomic E-state index is 6.39. The largest absolute Gasteiger partial charge is 0.373 e. The van der Waals surface area contributed by atoms with E-state index in [-0.39, 0.29) is 6.04 Å². The molecule has 0 aromatic heterocycles. The highest BCUT2D eigenvalue weighted by Gasteiger charge is 2.35. The first-order valence-corrected chi connectivity index (χ1v) is 7.91. The van der Waals surface area contributed by atoms with E-state index in [9.17, 15) is 0 Å². The second-order valence-electron chi connectivity index (χ2n) is 7.31. The highest BCUT2D eigenvalue weighted by molar-refractivity contribution is 4.89. The molecule has 2 saturated carbocycles. The lowest BCUT2D eigenvalue weighted by molar-refractivity contribution is -0.0819. The van der Waals surface area contributed by atoms with Gasteiger partial charge in [0.05, 0.1) is 12.2 Å². The van der Waals surface area contributed by atoms with Crippen molar-refractivity contribution in [3.63, 3.8) is 0 Å². The Balaban J connectivity index is 1.87.